The molecule has 0 N–H and O–H groups in total. The Balaban J connectivity index is 1.82. The molecule has 5 nitrogen and oxygen atoms in total. The van der Waals surface area contributed by atoms with E-state index in [0.717, 1.165) is 11.3 Å². The first-order valence-electron chi connectivity index (χ1n) is 5.51. The first kappa shape index (κ1) is 10.9. The van der Waals surface area contributed by atoms with Crippen LogP contribution in [0.4, 0.5) is 0 Å². The maximum atomic E-state index is 11.7. The van der Waals surface area contributed by atoms with Crippen molar-refractivity contribution in [2.24, 2.45) is 0 Å². The van der Waals surface area contributed by atoms with Crippen molar-refractivity contribution >= 4 is 10.0 Å². The molecule has 1 fully saturated rings. The number of ether oxygens (including phenoxy) is 2. The molecule has 1 aromatic rings. The van der Waals surface area contributed by atoms with Crippen LogP contribution in [-0.4, -0.2) is 31.8 Å². The van der Waals surface area contributed by atoms with Crippen LogP contribution in [0.2, 0.25) is 0 Å². The Morgan fingerprint density at radius 1 is 1.24 bits per heavy atom. The van der Waals surface area contributed by atoms with Crippen molar-refractivity contribution in [3.05, 3.63) is 23.8 Å². The molecule has 0 atom stereocenters. The van der Waals surface area contributed by atoms with Crippen molar-refractivity contribution in [3.63, 3.8) is 0 Å². The molecule has 0 saturated carbocycles. The van der Waals surface area contributed by atoms with Gasteiger partial charge in [0, 0.05) is 13.1 Å². The third-order valence-corrected chi connectivity index (χ3v) is 4.90. The number of rotatable bonds is 2. The lowest BCUT2D eigenvalue weighted by atomic mass is 10.2. The number of sulfonamides is 1. The highest BCUT2D eigenvalue weighted by Gasteiger charge is 2.28. The molecule has 0 aliphatic carbocycles. The molecule has 0 spiro atoms. The molecule has 1 saturated heterocycles. The van der Waals surface area contributed by atoms with Crippen molar-refractivity contribution in [1.29, 1.82) is 0 Å². The van der Waals surface area contributed by atoms with Crippen LogP contribution in [-0.2, 0) is 16.6 Å². The topological polar surface area (TPSA) is 55.8 Å². The van der Waals surface area contributed by atoms with Crippen LogP contribution in [0, 0.1) is 0 Å². The molecule has 0 unspecified atom stereocenters. The second-order valence-electron chi connectivity index (χ2n) is 4.19. The average Bonchev–Trinajstić information content (AvgIpc) is 2.85. The van der Waals surface area contributed by atoms with Crippen LogP contribution in [0.5, 0.6) is 11.5 Å². The first-order chi connectivity index (χ1) is 8.15. The highest BCUT2D eigenvalue weighted by molar-refractivity contribution is 7.89. The number of benzene rings is 1. The molecule has 1 aromatic carbocycles. The summed E-state index contributed by atoms with van der Waals surface area (Å²) in [5.41, 5.74) is 0.930. The van der Waals surface area contributed by atoms with E-state index in [1.165, 1.54) is 4.31 Å². The van der Waals surface area contributed by atoms with Gasteiger partial charge < -0.3 is 9.47 Å². The molecule has 2 aliphatic heterocycles. The maximum absolute atomic E-state index is 11.7. The molecule has 6 heteroatoms. The second-order valence-corrected chi connectivity index (χ2v) is 6.28. The van der Waals surface area contributed by atoms with Crippen LogP contribution in [0.15, 0.2) is 18.2 Å². The van der Waals surface area contributed by atoms with Gasteiger partial charge in [-0.05, 0) is 24.1 Å². The smallest absolute Gasteiger partial charge is 0.231 e. The van der Waals surface area contributed by atoms with E-state index in [4.69, 9.17) is 9.47 Å². The van der Waals surface area contributed by atoms with Crippen molar-refractivity contribution in [1.82, 2.24) is 4.31 Å². The minimum atomic E-state index is -3.04. The number of hydrogen-bond donors (Lipinski definition) is 0. The van der Waals surface area contributed by atoms with Gasteiger partial charge in [0.1, 0.15) is 0 Å². The standard InChI is InChI=1S/C11H13NO4S/c13-17(14)5-1-4-12(17)7-9-2-3-10-11(6-9)16-8-15-10/h2-3,6H,1,4-5,7-8H2. The van der Waals surface area contributed by atoms with Gasteiger partial charge in [-0.2, -0.15) is 4.31 Å². The summed E-state index contributed by atoms with van der Waals surface area (Å²) in [5.74, 6) is 1.68. The van der Waals surface area contributed by atoms with Crippen LogP contribution in [0.1, 0.15) is 12.0 Å². The summed E-state index contributed by atoms with van der Waals surface area (Å²) in [7, 11) is -3.04. The largest absolute Gasteiger partial charge is 0.454 e. The lowest BCUT2D eigenvalue weighted by molar-refractivity contribution is 0.174. The molecule has 2 heterocycles. The van der Waals surface area contributed by atoms with Crippen molar-refractivity contribution < 1.29 is 17.9 Å². The third kappa shape index (κ3) is 1.98. The summed E-state index contributed by atoms with van der Waals surface area (Å²) in [5, 5.41) is 0. The molecule has 0 radical (unpaired) electrons. The minimum absolute atomic E-state index is 0.237. The van der Waals surface area contributed by atoms with E-state index in [-0.39, 0.29) is 12.5 Å². The van der Waals surface area contributed by atoms with Gasteiger partial charge >= 0.3 is 0 Å². The summed E-state index contributed by atoms with van der Waals surface area (Å²) in [6, 6.07) is 5.54. The van der Waals surface area contributed by atoms with Gasteiger partial charge in [-0.3, -0.25) is 0 Å². The SMILES string of the molecule is O=S1(=O)CCCN1Cc1ccc2c(c1)OCO2. The molecule has 2 aliphatic rings. The Morgan fingerprint density at radius 2 is 2.06 bits per heavy atom. The molecule has 92 valence electrons. The Morgan fingerprint density at radius 3 is 2.82 bits per heavy atom. The van der Waals surface area contributed by atoms with Gasteiger partial charge in [-0.15, -0.1) is 0 Å². The molecule has 17 heavy (non-hydrogen) atoms. The van der Waals surface area contributed by atoms with E-state index in [2.05, 4.69) is 0 Å². The zero-order valence-corrected chi connectivity index (χ0v) is 10.1. The Labute approximate surface area is 100.0 Å². The summed E-state index contributed by atoms with van der Waals surface area (Å²) in [4.78, 5) is 0. The molecule has 0 amide bonds. The predicted molar refractivity (Wildman–Crippen MR) is 61.4 cm³/mol. The highest BCUT2D eigenvalue weighted by Crippen LogP contribution is 2.33. The van der Waals surface area contributed by atoms with E-state index in [9.17, 15) is 8.42 Å². The fraction of sp³-hybridized carbons (Fsp3) is 0.455. The van der Waals surface area contributed by atoms with E-state index < -0.39 is 10.0 Å². The van der Waals surface area contributed by atoms with Gasteiger partial charge in [0.15, 0.2) is 11.5 Å². The minimum Gasteiger partial charge on any atom is -0.454 e. The Bertz CT molecular complexity index is 540. The van der Waals surface area contributed by atoms with Gasteiger partial charge in [0.2, 0.25) is 16.8 Å². The Hall–Kier alpha value is -1.27. The van der Waals surface area contributed by atoms with Gasteiger partial charge in [0.05, 0.1) is 5.75 Å². The quantitative estimate of drug-likeness (QED) is 0.789. The monoisotopic (exact) mass is 255 g/mol. The normalized spacial score (nSPS) is 21.9. The zero-order valence-electron chi connectivity index (χ0n) is 9.26. The van der Waals surface area contributed by atoms with Crippen molar-refractivity contribution in [3.8, 4) is 11.5 Å². The molecular formula is C11H13NO4S. The predicted octanol–water partition coefficient (Wildman–Crippen LogP) is 0.951. The van der Waals surface area contributed by atoms with Crippen molar-refractivity contribution in [2.75, 3.05) is 19.1 Å². The fourth-order valence-electron chi connectivity index (χ4n) is 2.11. The van der Waals surface area contributed by atoms with E-state index in [1.807, 2.05) is 18.2 Å². The fourth-order valence-corrected chi connectivity index (χ4v) is 3.62. The van der Waals surface area contributed by atoms with Crippen LogP contribution >= 0.6 is 0 Å². The highest BCUT2D eigenvalue weighted by atomic mass is 32.2. The summed E-state index contributed by atoms with van der Waals surface area (Å²) >= 11 is 0. The number of nitrogens with zero attached hydrogens (tertiary/aromatic N) is 1. The van der Waals surface area contributed by atoms with Gasteiger partial charge in [-0.1, -0.05) is 6.07 Å². The molecular weight excluding hydrogens is 242 g/mol. The van der Waals surface area contributed by atoms with Crippen molar-refractivity contribution in [2.45, 2.75) is 13.0 Å². The van der Waals surface area contributed by atoms with E-state index in [1.54, 1.807) is 0 Å². The molecule has 3 rings (SSSR count). The van der Waals surface area contributed by atoms with Crippen LogP contribution in [0.3, 0.4) is 0 Å². The summed E-state index contributed by atoms with van der Waals surface area (Å²) in [6.07, 6.45) is 0.715. The summed E-state index contributed by atoms with van der Waals surface area (Å²) < 4.78 is 35.3. The van der Waals surface area contributed by atoms with Gasteiger partial charge in [-0.25, -0.2) is 8.42 Å². The maximum Gasteiger partial charge on any atom is 0.231 e. The van der Waals surface area contributed by atoms with E-state index >= 15 is 0 Å². The lowest BCUT2D eigenvalue weighted by Crippen LogP contribution is -2.25. The van der Waals surface area contributed by atoms with Crippen LogP contribution in [0.25, 0.3) is 0 Å². The number of hydrogen-bond acceptors (Lipinski definition) is 4. The lowest BCUT2D eigenvalue weighted by Gasteiger charge is -2.14. The first-order valence-corrected chi connectivity index (χ1v) is 7.12. The molecule has 0 aromatic heterocycles. The Kier molecular flexibility index (Phi) is 2.48. The van der Waals surface area contributed by atoms with Gasteiger partial charge in [0.25, 0.3) is 0 Å². The average molecular weight is 255 g/mol. The second kappa shape index (κ2) is 3.89. The third-order valence-electron chi connectivity index (χ3n) is 3.00. The number of fused-ring (bicyclic) bond motifs is 1. The molecule has 0 bridgehead atoms. The zero-order chi connectivity index (χ0) is 11.9. The van der Waals surface area contributed by atoms with Crippen LogP contribution < -0.4 is 9.47 Å². The van der Waals surface area contributed by atoms with E-state index in [0.29, 0.717) is 25.3 Å². The summed E-state index contributed by atoms with van der Waals surface area (Å²) in [6.45, 7) is 1.26.